The van der Waals surface area contributed by atoms with Gasteiger partial charge in [0.25, 0.3) is 0 Å². The monoisotopic (exact) mass is 485 g/mol. The van der Waals surface area contributed by atoms with E-state index < -0.39 is 25.2 Å². The minimum Gasteiger partial charge on any atom is -0.310 e. The molecule has 0 saturated carbocycles. The number of fused-ring (bicyclic) bond motifs is 1. The number of carbonyl (C=O) groups is 1. The second-order valence-corrected chi connectivity index (χ2v) is 13.9. The van der Waals surface area contributed by atoms with Gasteiger partial charge in [0.2, 0.25) is 5.91 Å². The summed E-state index contributed by atoms with van der Waals surface area (Å²) >= 11 is 0.988. The Bertz CT molecular complexity index is 885. The molecule has 30 heavy (non-hydrogen) atoms. The molecule has 2 rings (SSSR count). The van der Waals surface area contributed by atoms with Gasteiger partial charge >= 0.3 is 0 Å². The highest BCUT2D eigenvalue weighted by Crippen LogP contribution is 2.43. The number of thiophene rings is 1. The smallest absolute Gasteiger partial charge is 0.230 e. The van der Waals surface area contributed by atoms with Crippen molar-refractivity contribution < 1.29 is 32.7 Å². The highest BCUT2D eigenvalue weighted by atomic mass is 32.3. The molecule has 2 atom stereocenters. The largest absolute Gasteiger partial charge is 0.310 e. The van der Waals surface area contributed by atoms with Gasteiger partial charge in [-0.1, -0.05) is 13.3 Å². The van der Waals surface area contributed by atoms with Gasteiger partial charge in [0, 0.05) is 18.7 Å². The normalized spacial score (nSPS) is 21.4. The zero-order valence-electron chi connectivity index (χ0n) is 17.3. The predicted molar refractivity (Wildman–Crippen MR) is 114 cm³/mol. The first kappa shape index (κ1) is 25.3. The first-order valence-electron chi connectivity index (χ1n) is 9.80. The van der Waals surface area contributed by atoms with Crippen LogP contribution in [-0.4, -0.2) is 59.0 Å². The molecule has 0 fully saturated rings. The van der Waals surface area contributed by atoms with Crippen molar-refractivity contribution in [3.05, 3.63) is 11.6 Å². The average molecular weight is 486 g/mol. The minimum absolute atomic E-state index is 0.0987. The fourth-order valence-corrected chi connectivity index (χ4v) is 8.96. The van der Waals surface area contributed by atoms with E-state index in [0.717, 1.165) is 11.3 Å². The van der Waals surface area contributed by atoms with E-state index in [0.29, 0.717) is 42.0 Å². The van der Waals surface area contributed by atoms with Crippen LogP contribution in [-0.2, 0) is 29.6 Å². The molecular weight excluding hydrogens is 454 g/mol. The van der Waals surface area contributed by atoms with E-state index in [-0.39, 0.29) is 34.6 Å². The molecule has 1 amide bonds. The van der Waals surface area contributed by atoms with Gasteiger partial charge < -0.3 is 5.32 Å². The predicted octanol–water partition coefficient (Wildman–Crippen LogP) is 1.57. The van der Waals surface area contributed by atoms with Crippen LogP contribution in [0.2, 0.25) is 0 Å². The molecule has 1 aliphatic rings. The lowest BCUT2D eigenvalue weighted by molar-refractivity contribution is -0.492. The summed E-state index contributed by atoms with van der Waals surface area (Å²) in [6, 6.07) is 1.53. The third kappa shape index (κ3) is 6.29. The second kappa shape index (κ2) is 10.6. The van der Waals surface area contributed by atoms with E-state index in [4.69, 9.17) is 10.4 Å². The van der Waals surface area contributed by atoms with Gasteiger partial charge in [-0.25, -0.2) is 8.42 Å². The van der Waals surface area contributed by atoms with Crippen LogP contribution in [0.25, 0.3) is 0 Å². The SMILES string of the molecule is CCN[C@H]1CC(C)S(=O)(=O)c2sc([SH](C)(=O)NC(=O)CCCCCON(O)O)cc21. The summed E-state index contributed by atoms with van der Waals surface area (Å²) in [5, 5.41) is 19.2. The quantitative estimate of drug-likeness (QED) is 0.179. The number of hydrogen-bond donors (Lipinski definition) is 5. The third-order valence-corrected chi connectivity index (χ3v) is 11.6. The number of sulfone groups is 1. The number of carbonyl (C=O) groups excluding carboxylic acids is 1. The Morgan fingerprint density at radius 3 is 2.70 bits per heavy atom. The average Bonchev–Trinajstić information content (AvgIpc) is 3.10. The van der Waals surface area contributed by atoms with Crippen molar-refractivity contribution in [1.29, 1.82) is 0 Å². The van der Waals surface area contributed by atoms with Gasteiger partial charge in [-0.3, -0.25) is 29.0 Å². The number of unbranched alkanes of at least 4 members (excludes halogenated alkanes) is 2. The zero-order valence-corrected chi connectivity index (χ0v) is 19.9. The summed E-state index contributed by atoms with van der Waals surface area (Å²) in [5.74, 6) is -0.376. The Morgan fingerprint density at radius 2 is 2.07 bits per heavy atom. The van der Waals surface area contributed by atoms with Gasteiger partial charge in [0.05, 0.1) is 21.5 Å². The Kier molecular flexibility index (Phi) is 8.94. The molecule has 1 aliphatic heterocycles. The van der Waals surface area contributed by atoms with Crippen molar-refractivity contribution >= 4 is 37.2 Å². The molecule has 0 saturated heterocycles. The molecule has 2 heterocycles. The zero-order chi connectivity index (χ0) is 22.5. The molecular formula is C17H31N3O7S3. The lowest BCUT2D eigenvalue weighted by atomic mass is 10.1. The van der Waals surface area contributed by atoms with Gasteiger partial charge in [0.15, 0.2) is 9.84 Å². The number of nitrogens with zero attached hydrogens (tertiary/aromatic N) is 1. The Labute approximate surface area is 181 Å². The van der Waals surface area contributed by atoms with Crippen molar-refractivity contribution in [1.82, 2.24) is 15.4 Å². The van der Waals surface area contributed by atoms with Crippen LogP contribution in [0.3, 0.4) is 0 Å². The Morgan fingerprint density at radius 1 is 1.37 bits per heavy atom. The van der Waals surface area contributed by atoms with Crippen molar-refractivity contribution in [3.63, 3.8) is 0 Å². The van der Waals surface area contributed by atoms with Crippen LogP contribution in [0.15, 0.2) is 14.5 Å². The molecule has 0 bridgehead atoms. The standard InChI is InChI=1S/C17H31N3O7S3/c1-4-18-14-10-12(2)30(25,26)17-13(14)11-16(28-17)29(3,24)19-15(21)8-6-5-7-9-27-20(22)23/h11-12,14,18,22-23,29H,4-10H2,1-3H3,(H,19,21,24)/t12?,14-/m0/s1. The molecule has 13 heteroatoms. The van der Waals surface area contributed by atoms with Crippen molar-refractivity contribution in [2.24, 2.45) is 0 Å². The van der Waals surface area contributed by atoms with Crippen LogP contribution in [0, 0.1) is 0 Å². The van der Waals surface area contributed by atoms with Crippen molar-refractivity contribution in [2.75, 3.05) is 19.4 Å². The van der Waals surface area contributed by atoms with Gasteiger partial charge in [-0.15, -0.1) is 11.3 Å². The van der Waals surface area contributed by atoms with E-state index >= 15 is 0 Å². The summed E-state index contributed by atoms with van der Waals surface area (Å²) < 4.78 is 41.9. The van der Waals surface area contributed by atoms with Crippen LogP contribution >= 0.6 is 11.3 Å². The van der Waals surface area contributed by atoms with Gasteiger partial charge in [-0.2, -0.15) is 0 Å². The molecule has 0 aliphatic carbocycles. The van der Waals surface area contributed by atoms with E-state index in [1.807, 2.05) is 6.92 Å². The maximum Gasteiger partial charge on any atom is 0.230 e. The molecule has 1 aromatic heterocycles. The van der Waals surface area contributed by atoms with Gasteiger partial charge in [0.1, 0.15) is 4.21 Å². The van der Waals surface area contributed by atoms with Crippen molar-refractivity contribution in [2.45, 2.75) is 65.7 Å². The maximum atomic E-state index is 13.2. The Balaban J connectivity index is 2.04. The lowest BCUT2D eigenvalue weighted by Gasteiger charge is -2.27. The molecule has 0 radical (unpaired) electrons. The van der Waals surface area contributed by atoms with Crippen LogP contribution in [0.4, 0.5) is 0 Å². The summed E-state index contributed by atoms with van der Waals surface area (Å²) in [4.78, 5) is 16.7. The van der Waals surface area contributed by atoms with E-state index in [1.54, 1.807) is 13.0 Å². The molecule has 1 unspecified atom stereocenters. The molecule has 0 spiro atoms. The van der Waals surface area contributed by atoms with Crippen LogP contribution in [0.1, 0.15) is 57.6 Å². The number of nitrogens with one attached hydrogen (secondary N) is 2. The second-order valence-electron chi connectivity index (χ2n) is 7.38. The third-order valence-electron chi connectivity index (χ3n) is 4.91. The van der Waals surface area contributed by atoms with E-state index in [9.17, 15) is 17.4 Å². The highest BCUT2D eigenvalue weighted by molar-refractivity contribution is 8.03. The summed E-state index contributed by atoms with van der Waals surface area (Å²) in [7, 11) is -6.75. The molecule has 1 aromatic rings. The minimum atomic E-state index is -3.48. The highest BCUT2D eigenvalue weighted by Gasteiger charge is 2.39. The number of rotatable bonds is 11. The summed E-state index contributed by atoms with van der Waals surface area (Å²) in [6.07, 6.45) is 3.69. The number of amides is 1. The lowest BCUT2D eigenvalue weighted by Crippen LogP contribution is -2.35. The Hall–Kier alpha value is -0.930. The number of thiol groups is 1. The van der Waals surface area contributed by atoms with Gasteiger partial charge in [-0.05, 0) is 54.5 Å². The van der Waals surface area contributed by atoms with E-state index in [2.05, 4.69) is 14.9 Å². The first-order valence-corrected chi connectivity index (χ1v) is 14.3. The number of hydrogen-bond acceptors (Lipinski definition) is 10. The van der Waals surface area contributed by atoms with Crippen molar-refractivity contribution in [3.8, 4) is 0 Å². The fraction of sp³-hybridized carbons (Fsp3) is 0.706. The molecule has 0 aromatic carbocycles. The molecule has 4 N–H and O–H groups in total. The maximum absolute atomic E-state index is 13.2. The molecule has 10 nitrogen and oxygen atoms in total. The van der Waals surface area contributed by atoms with E-state index in [1.165, 1.54) is 6.26 Å². The summed E-state index contributed by atoms with van der Waals surface area (Å²) in [6.45, 7) is 4.41. The molecule has 174 valence electrons. The summed E-state index contributed by atoms with van der Waals surface area (Å²) in [5.41, 5.74) is 0.632. The van der Waals surface area contributed by atoms with Crippen LogP contribution in [0.5, 0.6) is 0 Å². The first-order chi connectivity index (χ1) is 14.0. The fourth-order valence-electron chi connectivity index (χ4n) is 3.32. The topological polar surface area (TPSA) is 145 Å². The van der Waals surface area contributed by atoms with Crippen LogP contribution < -0.4 is 10.0 Å².